The van der Waals surface area contributed by atoms with Crippen molar-refractivity contribution in [3.8, 4) is 0 Å². The number of hydrogen-bond donors (Lipinski definition) is 4. The molecule has 0 bridgehead atoms. The van der Waals surface area contributed by atoms with Gasteiger partial charge >= 0.3 is 0 Å². The van der Waals surface area contributed by atoms with Gasteiger partial charge in [0.15, 0.2) is 0 Å². The summed E-state index contributed by atoms with van der Waals surface area (Å²) in [6, 6.07) is 0. The molecule has 0 aromatic heterocycles. The normalized spacial score (nSPS) is 16.3. The molecule has 0 aromatic rings. The molecule has 6 nitrogen and oxygen atoms in total. The van der Waals surface area contributed by atoms with Gasteiger partial charge < -0.3 is 26.1 Å². The SMILES string of the molecule is COCC(O)CCNCC(C)C(N)=NO. The fraction of sp³-hybridized carbons (Fsp3) is 0.889. The molecule has 0 aromatic carbocycles. The van der Waals surface area contributed by atoms with Crippen LogP contribution in [-0.2, 0) is 4.74 Å². The number of methoxy groups -OCH3 is 1. The third-order valence-corrected chi connectivity index (χ3v) is 2.08. The van der Waals surface area contributed by atoms with E-state index in [1.54, 1.807) is 7.11 Å². The summed E-state index contributed by atoms with van der Waals surface area (Å²) < 4.78 is 4.79. The molecular formula is C9H21N3O3. The first kappa shape index (κ1) is 14.2. The molecular weight excluding hydrogens is 198 g/mol. The summed E-state index contributed by atoms with van der Waals surface area (Å²) in [5, 5.41) is 23.7. The first-order valence-electron chi connectivity index (χ1n) is 4.97. The zero-order chi connectivity index (χ0) is 11.7. The van der Waals surface area contributed by atoms with Crippen LogP contribution in [-0.4, -0.2) is 49.1 Å². The van der Waals surface area contributed by atoms with Crippen LogP contribution in [0.1, 0.15) is 13.3 Å². The van der Waals surface area contributed by atoms with Crippen LogP contribution in [0.2, 0.25) is 0 Å². The van der Waals surface area contributed by atoms with Gasteiger partial charge in [0.05, 0.1) is 12.7 Å². The third kappa shape index (κ3) is 7.12. The molecule has 0 rings (SSSR count). The number of aliphatic hydroxyl groups excluding tert-OH is 1. The lowest BCUT2D eigenvalue weighted by Gasteiger charge is -2.12. The van der Waals surface area contributed by atoms with Gasteiger partial charge in [-0.05, 0) is 13.0 Å². The van der Waals surface area contributed by atoms with Gasteiger partial charge in [-0.15, -0.1) is 0 Å². The summed E-state index contributed by atoms with van der Waals surface area (Å²) in [6.45, 7) is 3.49. The van der Waals surface area contributed by atoms with Crippen LogP contribution in [0.25, 0.3) is 0 Å². The number of nitrogens with two attached hydrogens (primary N) is 1. The van der Waals surface area contributed by atoms with Crippen LogP contribution in [0, 0.1) is 5.92 Å². The highest BCUT2D eigenvalue weighted by Crippen LogP contribution is 1.94. The van der Waals surface area contributed by atoms with Crippen LogP contribution in [0.15, 0.2) is 5.16 Å². The fourth-order valence-electron chi connectivity index (χ4n) is 1.07. The molecule has 2 atom stereocenters. The van der Waals surface area contributed by atoms with Gasteiger partial charge in [-0.3, -0.25) is 0 Å². The summed E-state index contributed by atoms with van der Waals surface area (Å²) in [4.78, 5) is 0. The third-order valence-electron chi connectivity index (χ3n) is 2.08. The van der Waals surface area contributed by atoms with E-state index in [4.69, 9.17) is 15.7 Å². The zero-order valence-electron chi connectivity index (χ0n) is 9.31. The molecule has 0 heterocycles. The Bertz CT molecular complexity index is 187. The average molecular weight is 219 g/mol. The monoisotopic (exact) mass is 219 g/mol. The topological polar surface area (TPSA) is 100 Å². The molecule has 6 heteroatoms. The second-order valence-electron chi connectivity index (χ2n) is 3.53. The van der Waals surface area contributed by atoms with Crippen LogP contribution >= 0.6 is 0 Å². The molecule has 0 aliphatic carbocycles. The van der Waals surface area contributed by atoms with Crippen molar-refractivity contribution in [3.05, 3.63) is 0 Å². The minimum absolute atomic E-state index is 0.0189. The largest absolute Gasteiger partial charge is 0.409 e. The predicted octanol–water partition coefficient (Wildman–Crippen LogP) is -0.644. The van der Waals surface area contributed by atoms with Gasteiger partial charge in [-0.25, -0.2) is 0 Å². The zero-order valence-corrected chi connectivity index (χ0v) is 9.31. The molecule has 0 fully saturated rings. The Hall–Kier alpha value is -0.850. The van der Waals surface area contributed by atoms with Crippen molar-refractivity contribution in [3.63, 3.8) is 0 Å². The van der Waals surface area contributed by atoms with E-state index in [-0.39, 0.29) is 11.8 Å². The summed E-state index contributed by atoms with van der Waals surface area (Å²) in [5.74, 6) is 0.189. The van der Waals surface area contributed by atoms with E-state index in [9.17, 15) is 5.11 Å². The molecule has 2 unspecified atom stereocenters. The maximum atomic E-state index is 9.32. The van der Waals surface area contributed by atoms with Crippen molar-refractivity contribution in [2.75, 3.05) is 26.8 Å². The number of nitrogens with zero attached hydrogens (tertiary/aromatic N) is 1. The van der Waals surface area contributed by atoms with E-state index in [0.717, 1.165) is 0 Å². The number of nitrogens with one attached hydrogen (secondary N) is 1. The van der Waals surface area contributed by atoms with Crippen molar-refractivity contribution in [1.82, 2.24) is 5.32 Å². The van der Waals surface area contributed by atoms with Crippen molar-refractivity contribution in [2.24, 2.45) is 16.8 Å². The maximum absolute atomic E-state index is 9.32. The van der Waals surface area contributed by atoms with E-state index in [1.165, 1.54) is 0 Å². The summed E-state index contributed by atoms with van der Waals surface area (Å²) in [7, 11) is 1.55. The first-order chi connectivity index (χ1) is 7.11. The van der Waals surface area contributed by atoms with E-state index in [1.807, 2.05) is 6.92 Å². The number of ether oxygens (including phenoxy) is 1. The molecule has 0 saturated heterocycles. The number of hydrogen-bond acceptors (Lipinski definition) is 5. The molecule has 0 amide bonds. The standard InChI is InChI=1S/C9H21N3O3/c1-7(9(10)12-14)5-11-4-3-8(13)6-15-2/h7-8,11,13-14H,3-6H2,1-2H3,(H2,10,12). The highest BCUT2D eigenvalue weighted by Gasteiger charge is 2.07. The Labute approximate surface area is 90.1 Å². The molecule has 0 aliphatic heterocycles. The van der Waals surface area contributed by atoms with Crippen LogP contribution in [0.5, 0.6) is 0 Å². The molecule has 15 heavy (non-hydrogen) atoms. The fourth-order valence-corrected chi connectivity index (χ4v) is 1.07. The Morgan fingerprint density at radius 2 is 2.27 bits per heavy atom. The highest BCUT2D eigenvalue weighted by atomic mass is 16.5. The molecule has 90 valence electrons. The molecule has 0 radical (unpaired) electrons. The smallest absolute Gasteiger partial charge is 0.143 e. The van der Waals surface area contributed by atoms with Crippen molar-refractivity contribution < 1.29 is 15.1 Å². The maximum Gasteiger partial charge on any atom is 0.143 e. The second-order valence-corrected chi connectivity index (χ2v) is 3.53. The lowest BCUT2D eigenvalue weighted by molar-refractivity contribution is 0.0594. The van der Waals surface area contributed by atoms with Crippen LogP contribution in [0.3, 0.4) is 0 Å². The molecule has 0 saturated carbocycles. The molecule has 5 N–H and O–H groups in total. The summed E-state index contributed by atoms with van der Waals surface area (Å²) in [5.41, 5.74) is 5.40. The van der Waals surface area contributed by atoms with Gasteiger partial charge in [0, 0.05) is 19.6 Å². The number of rotatable bonds is 8. The van der Waals surface area contributed by atoms with Crippen molar-refractivity contribution in [1.29, 1.82) is 0 Å². The molecule has 0 spiro atoms. The van der Waals surface area contributed by atoms with E-state index in [2.05, 4.69) is 10.5 Å². The first-order valence-corrected chi connectivity index (χ1v) is 4.97. The highest BCUT2D eigenvalue weighted by molar-refractivity contribution is 5.82. The molecule has 0 aliphatic rings. The van der Waals surface area contributed by atoms with Gasteiger partial charge in [0.2, 0.25) is 0 Å². The van der Waals surface area contributed by atoms with E-state index < -0.39 is 6.10 Å². The summed E-state index contributed by atoms with van der Waals surface area (Å²) in [6.07, 6.45) is 0.179. The van der Waals surface area contributed by atoms with Gasteiger partial charge in [-0.2, -0.15) is 0 Å². The minimum atomic E-state index is -0.443. The Kier molecular flexibility index (Phi) is 7.98. The Balaban J connectivity index is 3.46. The average Bonchev–Trinajstić information content (AvgIpc) is 2.23. The van der Waals surface area contributed by atoms with E-state index in [0.29, 0.717) is 26.1 Å². The number of oxime groups is 1. The van der Waals surface area contributed by atoms with Crippen LogP contribution in [0.4, 0.5) is 0 Å². The minimum Gasteiger partial charge on any atom is -0.409 e. The van der Waals surface area contributed by atoms with Crippen LogP contribution < -0.4 is 11.1 Å². The quantitative estimate of drug-likeness (QED) is 0.143. The predicted molar refractivity (Wildman–Crippen MR) is 57.9 cm³/mol. The second kappa shape index (κ2) is 8.46. The van der Waals surface area contributed by atoms with Gasteiger partial charge in [0.1, 0.15) is 5.84 Å². The van der Waals surface area contributed by atoms with Gasteiger partial charge in [-0.1, -0.05) is 12.1 Å². The van der Waals surface area contributed by atoms with Crippen molar-refractivity contribution >= 4 is 5.84 Å². The number of aliphatic hydroxyl groups is 1. The van der Waals surface area contributed by atoms with E-state index >= 15 is 0 Å². The van der Waals surface area contributed by atoms with Crippen molar-refractivity contribution in [2.45, 2.75) is 19.4 Å². The number of amidine groups is 1. The Morgan fingerprint density at radius 3 is 2.80 bits per heavy atom. The lowest BCUT2D eigenvalue weighted by Crippen LogP contribution is -2.33. The van der Waals surface area contributed by atoms with Gasteiger partial charge in [0.25, 0.3) is 0 Å². The Morgan fingerprint density at radius 1 is 1.60 bits per heavy atom. The lowest BCUT2D eigenvalue weighted by atomic mass is 10.1. The summed E-state index contributed by atoms with van der Waals surface area (Å²) >= 11 is 0.